The lowest BCUT2D eigenvalue weighted by Crippen LogP contribution is -2.39. The van der Waals surface area contributed by atoms with Gasteiger partial charge in [0.15, 0.2) is 0 Å². The molecule has 0 aliphatic heterocycles. The highest BCUT2D eigenvalue weighted by atomic mass is 32.2. The smallest absolute Gasteiger partial charge is 0.321 e. The molecule has 6 nitrogen and oxygen atoms in total. The summed E-state index contributed by atoms with van der Waals surface area (Å²) in [7, 11) is 0. The lowest BCUT2D eigenvalue weighted by Gasteiger charge is -2.12. The van der Waals surface area contributed by atoms with Crippen LogP contribution >= 0.6 is 23.1 Å². The quantitative estimate of drug-likeness (QED) is 0.476. The van der Waals surface area contributed by atoms with Crippen LogP contribution in [0, 0.1) is 6.92 Å². The number of amides is 3. The third kappa shape index (κ3) is 4.76. The van der Waals surface area contributed by atoms with Gasteiger partial charge in [-0.2, -0.15) is 0 Å². The number of nitrogens with one attached hydrogen (secondary N) is 2. The molecule has 3 amide bonds. The van der Waals surface area contributed by atoms with Crippen LogP contribution in [0.4, 0.5) is 4.79 Å². The Bertz CT molecular complexity index is 1050. The van der Waals surface area contributed by atoms with Gasteiger partial charge >= 0.3 is 6.03 Å². The predicted octanol–water partition coefficient (Wildman–Crippen LogP) is 4.00. The Kier molecular flexibility index (Phi) is 6.10. The largest absolute Gasteiger partial charge is 0.334 e. The first kappa shape index (κ1) is 19.8. The second-order valence-electron chi connectivity index (χ2n) is 6.97. The number of benzene rings is 1. The summed E-state index contributed by atoms with van der Waals surface area (Å²) < 4.78 is 0. The van der Waals surface area contributed by atoms with Crippen molar-refractivity contribution in [1.82, 2.24) is 20.6 Å². The lowest BCUT2D eigenvalue weighted by molar-refractivity contribution is -0.117. The van der Waals surface area contributed by atoms with Crippen LogP contribution < -0.4 is 10.6 Å². The third-order valence-corrected chi connectivity index (χ3v) is 6.94. The molecule has 0 saturated heterocycles. The molecule has 29 heavy (non-hydrogen) atoms. The van der Waals surface area contributed by atoms with Crippen LogP contribution in [0.25, 0.3) is 10.2 Å². The molecular formula is C21H22N4O2S2. The van der Waals surface area contributed by atoms with Gasteiger partial charge in [-0.1, -0.05) is 42.1 Å². The van der Waals surface area contributed by atoms with E-state index in [1.807, 2.05) is 37.3 Å². The number of fused-ring (bicyclic) bond motifs is 3. The molecule has 0 fully saturated rings. The molecule has 150 valence electrons. The maximum atomic E-state index is 12.3. The molecule has 3 aromatic rings. The zero-order valence-electron chi connectivity index (χ0n) is 16.2. The summed E-state index contributed by atoms with van der Waals surface area (Å²) in [6, 6.07) is 9.08. The van der Waals surface area contributed by atoms with E-state index in [9.17, 15) is 9.59 Å². The summed E-state index contributed by atoms with van der Waals surface area (Å²) in [6.45, 7) is 2.25. The molecule has 0 bridgehead atoms. The molecular weight excluding hydrogens is 404 g/mol. The number of aryl methyl sites for hydroxylation is 3. The Balaban J connectivity index is 1.38. The number of hydrogen-bond acceptors (Lipinski definition) is 6. The topological polar surface area (TPSA) is 84.0 Å². The summed E-state index contributed by atoms with van der Waals surface area (Å²) in [4.78, 5) is 35.8. The van der Waals surface area contributed by atoms with Crippen molar-refractivity contribution >= 4 is 45.3 Å². The van der Waals surface area contributed by atoms with Gasteiger partial charge in [-0.25, -0.2) is 14.8 Å². The highest BCUT2D eigenvalue weighted by Crippen LogP contribution is 2.39. The molecule has 4 rings (SSSR count). The Morgan fingerprint density at radius 2 is 1.93 bits per heavy atom. The first-order valence-corrected chi connectivity index (χ1v) is 11.4. The third-order valence-electron chi connectivity index (χ3n) is 4.78. The van der Waals surface area contributed by atoms with Crippen LogP contribution in [0.2, 0.25) is 0 Å². The fourth-order valence-electron chi connectivity index (χ4n) is 3.45. The van der Waals surface area contributed by atoms with Crippen LogP contribution in [-0.4, -0.2) is 27.7 Å². The van der Waals surface area contributed by atoms with Crippen molar-refractivity contribution in [2.24, 2.45) is 0 Å². The molecule has 2 N–H and O–H groups in total. The van der Waals surface area contributed by atoms with E-state index in [4.69, 9.17) is 0 Å². The van der Waals surface area contributed by atoms with Crippen LogP contribution in [0.3, 0.4) is 0 Å². The minimum atomic E-state index is -0.489. The van der Waals surface area contributed by atoms with Crippen LogP contribution in [0.5, 0.6) is 0 Å². The molecule has 1 aromatic carbocycles. The Hall–Kier alpha value is -2.45. The van der Waals surface area contributed by atoms with Crippen molar-refractivity contribution in [2.75, 3.05) is 5.75 Å². The summed E-state index contributed by atoms with van der Waals surface area (Å²) in [6.07, 6.45) is 4.54. The summed E-state index contributed by atoms with van der Waals surface area (Å²) in [5.41, 5.74) is 2.32. The highest BCUT2D eigenvalue weighted by molar-refractivity contribution is 8.00. The molecule has 0 unspecified atom stereocenters. The summed E-state index contributed by atoms with van der Waals surface area (Å²) >= 11 is 3.12. The van der Waals surface area contributed by atoms with Crippen molar-refractivity contribution in [1.29, 1.82) is 0 Å². The normalized spacial score (nSPS) is 13.1. The molecule has 0 radical (unpaired) electrons. The van der Waals surface area contributed by atoms with Gasteiger partial charge in [0.2, 0.25) is 5.91 Å². The van der Waals surface area contributed by atoms with E-state index in [0.29, 0.717) is 12.4 Å². The van der Waals surface area contributed by atoms with Crippen molar-refractivity contribution in [3.63, 3.8) is 0 Å². The van der Waals surface area contributed by atoms with Crippen molar-refractivity contribution in [3.8, 4) is 0 Å². The lowest BCUT2D eigenvalue weighted by atomic mass is 9.97. The predicted molar refractivity (Wildman–Crippen MR) is 116 cm³/mol. The van der Waals surface area contributed by atoms with Gasteiger partial charge in [0.05, 0.1) is 5.75 Å². The zero-order chi connectivity index (χ0) is 20.2. The number of thioether (sulfide) groups is 1. The number of thiophene rings is 1. The van der Waals surface area contributed by atoms with E-state index in [1.165, 1.54) is 35.0 Å². The van der Waals surface area contributed by atoms with E-state index in [-0.39, 0.29) is 11.7 Å². The minimum Gasteiger partial charge on any atom is -0.334 e. The van der Waals surface area contributed by atoms with Gasteiger partial charge in [0, 0.05) is 16.8 Å². The van der Waals surface area contributed by atoms with Gasteiger partial charge in [0.1, 0.15) is 15.7 Å². The number of imide groups is 1. The van der Waals surface area contributed by atoms with E-state index >= 15 is 0 Å². The van der Waals surface area contributed by atoms with Gasteiger partial charge in [-0.15, -0.1) is 11.3 Å². The molecule has 8 heteroatoms. The first-order valence-electron chi connectivity index (χ1n) is 9.63. The van der Waals surface area contributed by atoms with Crippen molar-refractivity contribution in [3.05, 3.63) is 52.2 Å². The molecule has 0 atom stereocenters. The van der Waals surface area contributed by atoms with E-state index < -0.39 is 6.03 Å². The van der Waals surface area contributed by atoms with Crippen LogP contribution in [-0.2, 0) is 24.2 Å². The Morgan fingerprint density at radius 1 is 1.14 bits per heavy atom. The Labute approximate surface area is 177 Å². The number of carbonyl (C=O) groups excluding carboxylic acids is 2. The van der Waals surface area contributed by atoms with E-state index in [0.717, 1.165) is 33.6 Å². The number of rotatable bonds is 5. The van der Waals surface area contributed by atoms with E-state index in [1.54, 1.807) is 11.3 Å². The molecule has 0 saturated carbocycles. The fraction of sp³-hybridized carbons (Fsp3) is 0.333. The van der Waals surface area contributed by atoms with Gasteiger partial charge in [-0.05, 0) is 43.7 Å². The number of aromatic nitrogens is 2. The Morgan fingerprint density at radius 3 is 2.76 bits per heavy atom. The number of carbonyl (C=O) groups is 2. The second-order valence-corrected chi connectivity index (χ2v) is 9.02. The van der Waals surface area contributed by atoms with E-state index in [2.05, 4.69) is 20.6 Å². The van der Waals surface area contributed by atoms with Gasteiger partial charge in [0.25, 0.3) is 0 Å². The maximum absolute atomic E-state index is 12.3. The maximum Gasteiger partial charge on any atom is 0.321 e. The van der Waals surface area contributed by atoms with Gasteiger partial charge in [-0.3, -0.25) is 10.1 Å². The molecule has 2 aromatic heterocycles. The SMILES string of the molecule is Cc1nc(SCC(=O)NC(=O)NCc2ccccc2)c2c3c(sc2n1)CCCC3. The average molecular weight is 427 g/mol. The second kappa shape index (κ2) is 8.92. The van der Waals surface area contributed by atoms with Crippen LogP contribution in [0.1, 0.15) is 34.7 Å². The van der Waals surface area contributed by atoms with Crippen molar-refractivity contribution in [2.45, 2.75) is 44.2 Å². The number of urea groups is 1. The number of nitrogens with zero attached hydrogens (tertiary/aromatic N) is 2. The van der Waals surface area contributed by atoms with Crippen molar-refractivity contribution < 1.29 is 9.59 Å². The monoisotopic (exact) mass is 426 g/mol. The van der Waals surface area contributed by atoms with Crippen LogP contribution in [0.15, 0.2) is 35.4 Å². The molecule has 2 heterocycles. The summed E-state index contributed by atoms with van der Waals surface area (Å²) in [5.74, 6) is 0.503. The fourth-order valence-corrected chi connectivity index (χ4v) is 5.72. The highest BCUT2D eigenvalue weighted by Gasteiger charge is 2.21. The first-order chi connectivity index (χ1) is 14.1. The minimum absolute atomic E-state index is 0.134. The zero-order valence-corrected chi connectivity index (χ0v) is 17.8. The molecule has 0 spiro atoms. The van der Waals surface area contributed by atoms with Gasteiger partial charge < -0.3 is 5.32 Å². The number of hydrogen-bond donors (Lipinski definition) is 2. The molecule has 1 aliphatic rings. The average Bonchev–Trinajstić information content (AvgIpc) is 3.09. The summed E-state index contributed by atoms with van der Waals surface area (Å²) in [5, 5.41) is 7.03. The molecule has 1 aliphatic carbocycles. The standard InChI is InChI=1S/C21H22N4O2S2/c1-13-23-19(18-15-9-5-6-10-16(15)29-20(18)24-13)28-12-17(26)25-21(27)22-11-14-7-3-2-4-8-14/h2-4,7-8H,5-6,9-12H2,1H3,(H2,22,25,26,27).